The normalized spacial score (nSPS) is 12.7. The molecule has 0 radical (unpaired) electrons. The Morgan fingerprint density at radius 1 is 0.735 bits per heavy atom. The van der Waals surface area contributed by atoms with Crippen LogP contribution in [-0.4, -0.2) is 18.9 Å². The van der Waals surface area contributed by atoms with Crippen LogP contribution in [0.15, 0.2) is 84.9 Å². The van der Waals surface area contributed by atoms with Crippen molar-refractivity contribution in [1.82, 2.24) is 0 Å². The first-order chi connectivity index (χ1) is 16.4. The second-order valence-corrected chi connectivity index (χ2v) is 8.59. The molecule has 4 rings (SSSR count). The van der Waals surface area contributed by atoms with Crippen molar-refractivity contribution in [2.45, 2.75) is 32.6 Å². The predicted molar refractivity (Wildman–Crippen MR) is 135 cm³/mol. The van der Waals surface area contributed by atoms with E-state index in [1.165, 1.54) is 12.5 Å². The van der Waals surface area contributed by atoms with Crippen molar-refractivity contribution in [2.24, 2.45) is 0 Å². The molecule has 4 aromatic carbocycles. The quantitative estimate of drug-likeness (QED) is 0.172. The van der Waals surface area contributed by atoms with Gasteiger partial charge in [0.05, 0.1) is 12.7 Å². The van der Waals surface area contributed by atoms with Crippen LogP contribution in [0, 0.1) is 0 Å². The fourth-order valence-corrected chi connectivity index (χ4v) is 4.37. The lowest BCUT2D eigenvalue weighted by molar-refractivity contribution is 0.0736. The molecule has 0 amide bonds. The Morgan fingerprint density at radius 2 is 1.24 bits per heavy atom. The van der Waals surface area contributed by atoms with Crippen LogP contribution in [0.4, 0.5) is 0 Å². The summed E-state index contributed by atoms with van der Waals surface area (Å²) in [5, 5.41) is 1.45. The van der Waals surface area contributed by atoms with Crippen molar-refractivity contribution in [3.8, 4) is 11.5 Å². The lowest BCUT2D eigenvalue weighted by atomic mass is 9.74. The van der Waals surface area contributed by atoms with Crippen molar-refractivity contribution in [1.29, 1.82) is 0 Å². The van der Waals surface area contributed by atoms with Gasteiger partial charge >= 0.3 is 5.97 Å². The molecule has 0 N–H and O–H groups in total. The molecule has 0 bridgehead atoms. The summed E-state index contributed by atoms with van der Waals surface area (Å²) >= 11 is 0. The molecule has 4 aromatic rings. The van der Waals surface area contributed by atoms with E-state index in [2.05, 4.69) is 26.0 Å². The topological polar surface area (TPSA) is 52.6 Å². The first-order valence-electron chi connectivity index (χ1n) is 11.4. The number of carbonyl (C=O) groups excluding carboxylic acids is 2. The van der Waals surface area contributed by atoms with Crippen molar-refractivity contribution < 1.29 is 19.1 Å². The first-order valence-corrected chi connectivity index (χ1v) is 11.4. The van der Waals surface area contributed by atoms with Crippen molar-refractivity contribution in [3.05, 3.63) is 107 Å². The largest absolute Gasteiger partial charge is 0.497 e. The molecule has 34 heavy (non-hydrogen) atoms. The fraction of sp³-hybridized carbons (Fsp3) is 0.200. The zero-order chi connectivity index (χ0) is 24.3. The number of methoxy groups -OCH3 is 1. The number of rotatable bonds is 7. The van der Waals surface area contributed by atoms with E-state index >= 15 is 0 Å². The van der Waals surface area contributed by atoms with Gasteiger partial charge in [0.1, 0.15) is 11.5 Å². The van der Waals surface area contributed by atoms with E-state index in [9.17, 15) is 9.59 Å². The second kappa shape index (κ2) is 9.52. The zero-order valence-corrected chi connectivity index (χ0v) is 19.9. The summed E-state index contributed by atoms with van der Waals surface area (Å²) in [5.74, 6) is 0.810. The number of fused-ring (bicyclic) bond motifs is 1. The lowest BCUT2D eigenvalue weighted by Crippen LogP contribution is -2.22. The molecule has 0 aromatic heterocycles. The van der Waals surface area contributed by atoms with E-state index in [-0.39, 0.29) is 11.2 Å². The van der Waals surface area contributed by atoms with Crippen LogP contribution in [0.25, 0.3) is 10.8 Å². The molecule has 0 aliphatic rings. The Bertz CT molecular complexity index is 1340. The average Bonchev–Trinajstić information content (AvgIpc) is 2.87. The molecule has 0 aliphatic heterocycles. The number of Topliss-reactive ketones (excluding diaryl/α,β-unsaturated/α-hetero) is 1. The minimum Gasteiger partial charge on any atom is -0.497 e. The predicted octanol–water partition coefficient (Wildman–Crippen LogP) is 6.99. The maximum Gasteiger partial charge on any atom is 0.344 e. The second-order valence-electron chi connectivity index (χ2n) is 8.59. The Balaban J connectivity index is 1.60. The fourth-order valence-electron chi connectivity index (χ4n) is 4.37. The molecule has 1 atom stereocenters. The number of ether oxygens (including phenoxy) is 2. The number of benzene rings is 4. The molecular weight excluding hydrogens is 424 g/mol. The van der Waals surface area contributed by atoms with Crippen molar-refractivity contribution in [3.63, 3.8) is 0 Å². The highest BCUT2D eigenvalue weighted by Crippen LogP contribution is 2.36. The molecule has 0 heterocycles. The maximum absolute atomic E-state index is 13.0. The van der Waals surface area contributed by atoms with Gasteiger partial charge in [-0.1, -0.05) is 62.4 Å². The number of hydrogen-bond donors (Lipinski definition) is 0. The van der Waals surface area contributed by atoms with Crippen LogP contribution >= 0.6 is 0 Å². The number of carbonyl (C=O) groups is 2. The van der Waals surface area contributed by atoms with E-state index in [0.717, 1.165) is 23.1 Å². The van der Waals surface area contributed by atoms with Gasteiger partial charge in [-0.15, -0.1) is 0 Å². The smallest absolute Gasteiger partial charge is 0.344 e. The molecule has 172 valence electrons. The molecular formula is C30H28O4. The van der Waals surface area contributed by atoms with Gasteiger partial charge in [0, 0.05) is 11.0 Å². The highest BCUT2D eigenvalue weighted by Gasteiger charge is 2.27. The van der Waals surface area contributed by atoms with E-state index in [0.29, 0.717) is 22.3 Å². The first kappa shape index (κ1) is 23.2. The van der Waals surface area contributed by atoms with Gasteiger partial charge in [-0.3, -0.25) is 4.79 Å². The van der Waals surface area contributed by atoms with Crippen LogP contribution in [0.2, 0.25) is 0 Å². The summed E-state index contributed by atoms with van der Waals surface area (Å²) in [4.78, 5) is 25.0. The lowest BCUT2D eigenvalue weighted by Gasteiger charge is -2.30. The van der Waals surface area contributed by atoms with E-state index in [4.69, 9.17) is 9.47 Å². The van der Waals surface area contributed by atoms with Crippen LogP contribution in [0.5, 0.6) is 11.5 Å². The molecule has 0 fully saturated rings. The molecule has 1 unspecified atom stereocenters. The van der Waals surface area contributed by atoms with Crippen LogP contribution in [-0.2, 0) is 5.41 Å². The molecule has 0 aliphatic carbocycles. The van der Waals surface area contributed by atoms with Gasteiger partial charge in [0.2, 0.25) is 0 Å². The van der Waals surface area contributed by atoms with Gasteiger partial charge in [-0.05, 0) is 71.6 Å². The van der Waals surface area contributed by atoms with Crippen molar-refractivity contribution >= 4 is 22.5 Å². The summed E-state index contributed by atoms with van der Waals surface area (Å²) in [7, 11) is 1.66. The van der Waals surface area contributed by atoms with Crippen molar-refractivity contribution in [2.75, 3.05) is 7.11 Å². The van der Waals surface area contributed by atoms with Crippen LogP contribution in [0.3, 0.4) is 0 Å². The number of hydrogen-bond acceptors (Lipinski definition) is 4. The summed E-state index contributed by atoms with van der Waals surface area (Å²) in [6, 6.07) is 26.5. The van der Waals surface area contributed by atoms with E-state index in [1.807, 2.05) is 60.7 Å². The van der Waals surface area contributed by atoms with Gasteiger partial charge < -0.3 is 9.47 Å². The summed E-state index contributed by atoms with van der Waals surface area (Å²) in [6.07, 6.45) is 0.910. The monoisotopic (exact) mass is 452 g/mol. The Hall–Kier alpha value is -3.92. The molecule has 0 spiro atoms. The third-order valence-corrected chi connectivity index (χ3v) is 6.66. The Kier molecular flexibility index (Phi) is 6.51. The molecule has 0 saturated carbocycles. The third-order valence-electron chi connectivity index (χ3n) is 6.66. The van der Waals surface area contributed by atoms with Gasteiger partial charge in [-0.25, -0.2) is 4.79 Å². The van der Waals surface area contributed by atoms with Gasteiger partial charge in [0.25, 0.3) is 0 Å². The van der Waals surface area contributed by atoms with E-state index < -0.39 is 5.97 Å². The minimum absolute atomic E-state index is 0.0393. The summed E-state index contributed by atoms with van der Waals surface area (Å²) in [6.45, 7) is 5.89. The van der Waals surface area contributed by atoms with E-state index in [1.54, 1.807) is 19.2 Å². The molecule has 0 saturated heterocycles. The van der Waals surface area contributed by atoms with Gasteiger partial charge in [0.15, 0.2) is 5.78 Å². The minimum atomic E-state index is -0.451. The standard InChI is InChI=1S/C30H28O4/c1-5-30(3,21-10-14-23(33-4)15-11-21)22-12-16-24(17-13-22)34-29(32)28-19-18-25(20(2)31)26-8-6-7-9-27(26)28/h6-19H,5H2,1-4H3. The zero-order valence-electron chi connectivity index (χ0n) is 19.9. The number of ketones is 1. The Labute approximate surface area is 200 Å². The third kappa shape index (κ3) is 4.32. The molecule has 4 heteroatoms. The number of esters is 1. The van der Waals surface area contributed by atoms with Crippen LogP contribution in [0.1, 0.15) is 59.0 Å². The molecule has 4 nitrogen and oxygen atoms in total. The summed E-state index contributed by atoms with van der Waals surface area (Å²) < 4.78 is 11.0. The SMILES string of the molecule is CCC(C)(c1ccc(OC)cc1)c1ccc(OC(=O)c2ccc(C(C)=O)c3ccccc23)cc1. The maximum atomic E-state index is 13.0. The average molecular weight is 453 g/mol. The Morgan fingerprint density at radius 3 is 1.74 bits per heavy atom. The highest BCUT2D eigenvalue weighted by atomic mass is 16.5. The summed E-state index contributed by atoms with van der Waals surface area (Å²) in [5.41, 5.74) is 3.16. The van der Waals surface area contributed by atoms with Crippen LogP contribution < -0.4 is 9.47 Å². The van der Waals surface area contributed by atoms with Gasteiger partial charge in [-0.2, -0.15) is 0 Å². The highest BCUT2D eigenvalue weighted by molar-refractivity contribution is 6.13.